The van der Waals surface area contributed by atoms with Crippen molar-refractivity contribution in [2.75, 3.05) is 31.1 Å². The van der Waals surface area contributed by atoms with Crippen molar-refractivity contribution in [2.45, 2.75) is 6.18 Å². The van der Waals surface area contributed by atoms with Crippen LogP contribution < -0.4 is 4.90 Å². The predicted octanol–water partition coefficient (Wildman–Crippen LogP) is 1.20. The summed E-state index contributed by atoms with van der Waals surface area (Å²) in [6.45, 7) is 0.299. The number of aromatic nitrogens is 1. The lowest BCUT2D eigenvalue weighted by Gasteiger charge is -2.35. The largest absolute Gasteiger partial charge is 0.471 e. The molecule has 0 aliphatic carbocycles. The Hall–Kier alpha value is -2.39. The lowest BCUT2D eigenvalue weighted by Crippen LogP contribution is -2.52. The summed E-state index contributed by atoms with van der Waals surface area (Å²) >= 11 is 0. The van der Waals surface area contributed by atoms with Gasteiger partial charge in [-0.1, -0.05) is 0 Å². The monoisotopic (exact) mass is 304 g/mol. The Morgan fingerprint density at radius 3 is 2.29 bits per heavy atom. The van der Waals surface area contributed by atoms with Crippen LogP contribution in [0.2, 0.25) is 0 Å². The molecule has 0 N–H and O–H groups in total. The van der Waals surface area contributed by atoms with Gasteiger partial charge in [0.15, 0.2) is 6.20 Å². The third-order valence-corrected chi connectivity index (χ3v) is 3.09. The lowest BCUT2D eigenvalue weighted by molar-refractivity contribution is -0.389. The topological polar surface area (TPSA) is 79.6 Å². The molecule has 1 saturated heterocycles. The number of anilines is 1. The molecule has 1 amide bonds. The van der Waals surface area contributed by atoms with Crippen LogP contribution in [-0.4, -0.2) is 53.1 Å². The number of amides is 1. The van der Waals surface area contributed by atoms with Crippen molar-refractivity contribution in [3.8, 4) is 0 Å². The highest BCUT2D eigenvalue weighted by molar-refractivity contribution is 5.82. The number of carbonyl (C=O) groups excluding carboxylic acids is 1. The number of pyridine rings is 1. The normalized spacial score (nSPS) is 16.0. The highest BCUT2D eigenvalue weighted by atomic mass is 19.4. The summed E-state index contributed by atoms with van der Waals surface area (Å²) < 4.78 is 36.9. The van der Waals surface area contributed by atoms with Gasteiger partial charge in [0.05, 0.1) is 5.69 Å². The van der Waals surface area contributed by atoms with Crippen molar-refractivity contribution in [3.63, 3.8) is 0 Å². The first-order valence-electron chi connectivity index (χ1n) is 6.00. The molecule has 0 unspecified atom stereocenters. The second-order valence-corrected chi connectivity index (χ2v) is 4.41. The Morgan fingerprint density at radius 2 is 1.86 bits per heavy atom. The van der Waals surface area contributed by atoms with E-state index in [4.69, 9.17) is 0 Å². The molecule has 0 spiro atoms. The molecular weight excluding hydrogens is 293 g/mol. The van der Waals surface area contributed by atoms with Gasteiger partial charge >= 0.3 is 17.9 Å². The van der Waals surface area contributed by atoms with Gasteiger partial charge in [0, 0.05) is 32.2 Å². The molecular formula is C11H11F3N4O3. The lowest BCUT2D eigenvalue weighted by atomic mass is 10.2. The molecule has 1 aliphatic heterocycles. The Morgan fingerprint density at radius 1 is 1.24 bits per heavy atom. The fourth-order valence-corrected chi connectivity index (χ4v) is 2.02. The van der Waals surface area contributed by atoms with Crippen molar-refractivity contribution in [3.05, 3.63) is 28.4 Å². The zero-order valence-electron chi connectivity index (χ0n) is 10.7. The zero-order valence-corrected chi connectivity index (χ0v) is 10.7. The average Bonchev–Trinajstić information content (AvgIpc) is 2.46. The van der Waals surface area contributed by atoms with Crippen LogP contribution >= 0.6 is 0 Å². The van der Waals surface area contributed by atoms with Crippen molar-refractivity contribution in [2.24, 2.45) is 0 Å². The Balaban J connectivity index is 1.98. The molecule has 1 aliphatic rings. The van der Waals surface area contributed by atoms with E-state index in [1.54, 1.807) is 4.90 Å². The molecule has 0 bridgehead atoms. The molecule has 10 heteroatoms. The molecule has 1 aromatic heterocycles. The second-order valence-electron chi connectivity index (χ2n) is 4.41. The summed E-state index contributed by atoms with van der Waals surface area (Å²) in [5.74, 6) is -2.14. The van der Waals surface area contributed by atoms with E-state index in [0.717, 1.165) is 4.90 Å². The molecule has 2 heterocycles. The van der Waals surface area contributed by atoms with E-state index in [1.165, 1.54) is 18.3 Å². The minimum atomic E-state index is -4.86. The minimum absolute atomic E-state index is 0.0602. The number of nitro groups is 1. The van der Waals surface area contributed by atoms with Crippen LogP contribution in [0.3, 0.4) is 0 Å². The average molecular weight is 304 g/mol. The summed E-state index contributed by atoms with van der Waals surface area (Å²) in [7, 11) is 0. The van der Waals surface area contributed by atoms with Gasteiger partial charge in [-0.25, -0.2) is 0 Å². The minimum Gasteiger partial charge on any atom is -0.365 e. The predicted molar refractivity (Wildman–Crippen MR) is 65.7 cm³/mol. The van der Waals surface area contributed by atoms with Gasteiger partial charge in [0.1, 0.15) is 0 Å². The van der Waals surface area contributed by atoms with Crippen molar-refractivity contribution in [1.29, 1.82) is 0 Å². The fraction of sp³-hybridized carbons (Fsp3) is 0.455. The van der Waals surface area contributed by atoms with Gasteiger partial charge in [0.25, 0.3) is 0 Å². The van der Waals surface area contributed by atoms with Gasteiger partial charge in [-0.3, -0.25) is 4.79 Å². The summed E-state index contributed by atoms with van der Waals surface area (Å²) in [4.78, 5) is 27.0. The molecule has 0 atom stereocenters. The smallest absolute Gasteiger partial charge is 0.365 e. The van der Waals surface area contributed by atoms with Crippen LogP contribution in [0.25, 0.3) is 0 Å². The van der Waals surface area contributed by atoms with Gasteiger partial charge in [-0.05, 0) is 16.0 Å². The standard InChI is InChI=1S/C11H11F3N4O3/c12-11(13,14)10(19)17-5-3-16(4-6-17)8-1-2-9(15-7-8)18(20)21/h1-2,7H,3-6H2. The van der Waals surface area contributed by atoms with Crippen LogP contribution in [0, 0.1) is 10.1 Å². The molecule has 0 radical (unpaired) electrons. The fourth-order valence-electron chi connectivity index (χ4n) is 2.02. The third kappa shape index (κ3) is 3.38. The van der Waals surface area contributed by atoms with Crippen LogP contribution in [0.15, 0.2) is 18.3 Å². The summed E-state index contributed by atoms with van der Waals surface area (Å²) in [5, 5.41) is 10.5. The number of piperazine rings is 1. The van der Waals surface area contributed by atoms with Crippen molar-refractivity contribution >= 4 is 17.4 Å². The van der Waals surface area contributed by atoms with Gasteiger partial charge in [-0.2, -0.15) is 13.2 Å². The molecule has 114 valence electrons. The summed E-state index contributed by atoms with van der Waals surface area (Å²) in [6, 6.07) is 2.70. The van der Waals surface area contributed by atoms with E-state index in [2.05, 4.69) is 4.98 Å². The first kappa shape index (κ1) is 15.0. The number of rotatable bonds is 2. The van der Waals surface area contributed by atoms with Crippen LogP contribution in [0.4, 0.5) is 24.7 Å². The molecule has 0 aromatic carbocycles. The number of nitrogens with zero attached hydrogens (tertiary/aromatic N) is 4. The first-order chi connectivity index (χ1) is 9.79. The number of alkyl halides is 3. The third-order valence-electron chi connectivity index (χ3n) is 3.09. The zero-order chi connectivity index (χ0) is 15.6. The molecule has 0 saturated carbocycles. The number of hydrogen-bond donors (Lipinski definition) is 0. The highest BCUT2D eigenvalue weighted by Crippen LogP contribution is 2.22. The molecule has 7 nitrogen and oxygen atoms in total. The molecule has 2 rings (SSSR count). The van der Waals surface area contributed by atoms with Crippen LogP contribution in [0.1, 0.15) is 0 Å². The maximum absolute atomic E-state index is 12.3. The number of halogens is 3. The van der Waals surface area contributed by atoms with Crippen molar-refractivity contribution in [1.82, 2.24) is 9.88 Å². The molecule has 1 fully saturated rings. The van der Waals surface area contributed by atoms with Gasteiger partial charge in [0.2, 0.25) is 0 Å². The maximum atomic E-state index is 12.3. The number of carbonyl (C=O) groups is 1. The SMILES string of the molecule is O=C(N1CCN(c2ccc([N+](=O)[O-])nc2)CC1)C(F)(F)F. The van der Waals surface area contributed by atoms with Crippen LogP contribution in [0.5, 0.6) is 0 Å². The quantitative estimate of drug-likeness (QED) is 0.606. The summed E-state index contributed by atoms with van der Waals surface area (Å²) in [6.07, 6.45) is -3.57. The van der Waals surface area contributed by atoms with Crippen LogP contribution in [-0.2, 0) is 4.79 Å². The molecule has 21 heavy (non-hydrogen) atoms. The van der Waals surface area contributed by atoms with Gasteiger partial charge < -0.3 is 19.9 Å². The van der Waals surface area contributed by atoms with E-state index in [0.29, 0.717) is 5.69 Å². The Labute approximate surface area is 117 Å². The van der Waals surface area contributed by atoms with E-state index < -0.39 is 17.0 Å². The van der Waals surface area contributed by atoms with E-state index in [9.17, 15) is 28.1 Å². The summed E-state index contributed by atoms with van der Waals surface area (Å²) in [5.41, 5.74) is 0.569. The van der Waals surface area contributed by atoms with Gasteiger partial charge in [-0.15, -0.1) is 0 Å². The highest BCUT2D eigenvalue weighted by Gasteiger charge is 2.43. The van der Waals surface area contributed by atoms with Crippen molar-refractivity contribution < 1.29 is 22.9 Å². The number of hydrogen-bond acceptors (Lipinski definition) is 5. The van der Waals surface area contributed by atoms with E-state index in [1.807, 2.05) is 0 Å². The Kier molecular flexibility index (Phi) is 3.96. The first-order valence-corrected chi connectivity index (χ1v) is 6.00. The van der Waals surface area contributed by atoms with E-state index >= 15 is 0 Å². The Bertz CT molecular complexity index is 539. The maximum Gasteiger partial charge on any atom is 0.471 e. The second kappa shape index (κ2) is 5.54. The van der Waals surface area contributed by atoms with E-state index in [-0.39, 0.29) is 32.0 Å². The molecule has 1 aromatic rings.